The lowest BCUT2D eigenvalue weighted by atomic mass is 9.92. The van der Waals surface area contributed by atoms with Gasteiger partial charge < -0.3 is 25.6 Å². The summed E-state index contributed by atoms with van der Waals surface area (Å²) in [6, 6.07) is 19.9. The quantitative estimate of drug-likeness (QED) is 0.371. The lowest BCUT2D eigenvalue weighted by molar-refractivity contribution is -0.123. The number of alkyl carbamates (subject to hydrolysis) is 1. The number of ether oxygens (including phenoxy) is 1. The van der Waals surface area contributed by atoms with E-state index in [1.165, 1.54) is 18.2 Å². The summed E-state index contributed by atoms with van der Waals surface area (Å²) in [7, 11) is 0. The van der Waals surface area contributed by atoms with E-state index in [0.29, 0.717) is 0 Å². The number of amides is 2. The molecule has 0 aliphatic heterocycles. The molecule has 0 spiro atoms. The number of carbonyl (C=O) groups excluding carboxylic acids is 2. The fourth-order valence-electron chi connectivity index (χ4n) is 4.11. The maximum Gasteiger partial charge on any atom is 0.407 e. The molecule has 2 amide bonds. The SMILES string of the molecule is CC(C)(CNC(=O)OCC1c2ccccc2-c2ccccc21)C(=O)Nc1ccc(O)c(C(=O)O)c1. The number of nitrogens with one attached hydrogen (secondary N) is 2. The number of carboxylic acids is 1. The van der Waals surface area contributed by atoms with E-state index in [0.717, 1.165) is 22.3 Å². The molecule has 0 bridgehead atoms. The number of rotatable bonds is 7. The second kappa shape index (κ2) is 9.50. The Bertz CT molecular complexity index is 1250. The highest BCUT2D eigenvalue weighted by molar-refractivity contribution is 5.98. The summed E-state index contributed by atoms with van der Waals surface area (Å²) in [5.41, 5.74) is 3.36. The Kier molecular flexibility index (Phi) is 6.46. The largest absolute Gasteiger partial charge is 0.507 e. The molecule has 35 heavy (non-hydrogen) atoms. The smallest absolute Gasteiger partial charge is 0.407 e. The fraction of sp³-hybridized carbons (Fsp3) is 0.222. The molecule has 0 fully saturated rings. The Morgan fingerprint density at radius 2 is 1.54 bits per heavy atom. The summed E-state index contributed by atoms with van der Waals surface area (Å²) >= 11 is 0. The molecule has 180 valence electrons. The number of fused-ring (bicyclic) bond motifs is 3. The molecule has 4 N–H and O–H groups in total. The van der Waals surface area contributed by atoms with Gasteiger partial charge in [-0.15, -0.1) is 0 Å². The molecule has 0 heterocycles. The van der Waals surface area contributed by atoms with Crippen molar-refractivity contribution in [2.24, 2.45) is 5.41 Å². The topological polar surface area (TPSA) is 125 Å². The van der Waals surface area contributed by atoms with E-state index >= 15 is 0 Å². The van der Waals surface area contributed by atoms with Crippen LogP contribution in [0.4, 0.5) is 10.5 Å². The standard InChI is InChI=1S/C27H26N2O6/c1-27(2,25(33)29-16-11-12-23(30)21(13-16)24(31)32)15-28-26(34)35-14-22-19-9-5-3-7-17(19)18-8-4-6-10-20(18)22/h3-13,22,30H,14-15H2,1-2H3,(H,28,34)(H,29,33)(H,31,32). The summed E-state index contributed by atoms with van der Waals surface area (Å²) < 4.78 is 5.51. The van der Waals surface area contributed by atoms with Crippen LogP contribution in [0.5, 0.6) is 5.75 Å². The molecule has 0 radical (unpaired) electrons. The Labute approximate surface area is 202 Å². The summed E-state index contributed by atoms with van der Waals surface area (Å²) in [4.78, 5) is 36.4. The average molecular weight is 475 g/mol. The van der Waals surface area contributed by atoms with E-state index in [-0.39, 0.29) is 30.3 Å². The first-order valence-electron chi connectivity index (χ1n) is 11.1. The Morgan fingerprint density at radius 1 is 0.943 bits per heavy atom. The van der Waals surface area contributed by atoms with Crippen molar-refractivity contribution in [1.82, 2.24) is 5.32 Å². The molecule has 0 atom stereocenters. The third-order valence-electron chi connectivity index (χ3n) is 6.12. The zero-order chi connectivity index (χ0) is 25.2. The molecule has 4 rings (SSSR count). The first-order chi connectivity index (χ1) is 16.7. The van der Waals surface area contributed by atoms with Gasteiger partial charge >= 0.3 is 12.1 Å². The molecule has 3 aromatic rings. The summed E-state index contributed by atoms with van der Waals surface area (Å²) in [5, 5.41) is 24.0. The van der Waals surface area contributed by atoms with Crippen molar-refractivity contribution < 1.29 is 29.3 Å². The summed E-state index contributed by atoms with van der Waals surface area (Å²) in [6.07, 6.45) is -0.634. The number of anilines is 1. The lowest BCUT2D eigenvalue weighted by Crippen LogP contribution is -2.42. The Balaban J connectivity index is 1.34. The minimum atomic E-state index is -1.31. The van der Waals surface area contributed by atoms with Crippen LogP contribution < -0.4 is 10.6 Å². The van der Waals surface area contributed by atoms with Gasteiger partial charge in [0, 0.05) is 18.2 Å². The molecular formula is C27H26N2O6. The van der Waals surface area contributed by atoms with Crippen LogP contribution in [0.15, 0.2) is 66.7 Å². The van der Waals surface area contributed by atoms with Crippen LogP contribution in [0.2, 0.25) is 0 Å². The van der Waals surface area contributed by atoms with E-state index < -0.39 is 29.1 Å². The zero-order valence-electron chi connectivity index (χ0n) is 19.4. The third-order valence-corrected chi connectivity index (χ3v) is 6.12. The number of hydrogen-bond donors (Lipinski definition) is 4. The highest BCUT2D eigenvalue weighted by Gasteiger charge is 2.31. The van der Waals surface area contributed by atoms with Gasteiger partial charge in [-0.25, -0.2) is 9.59 Å². The van der Waals surface area contributed by atoms with E-state index in [1.54, 1.807) is 13.8 Å². The van der Waals surface area contributed by atoms with Crippen LogP contribution in [0, 0.1) is 5.41 Å². The average Bonchev–Trinajstić information content (AvgIpc) is 3.16. The molecule has 0 saturated heterocycles. The molecule has 8 heteroatoms. The molecule has 0 saturated carbocycles. The second-order valence-corrected chi connectivity index (χ2v) is 9.05. The van der Waals surface area contributed by atoms with Crippen molar-refractivity contribution in [3.63, 3.8) is 0 Å². The van der Waals surface area contributed by atoms with Gasteiger partial charge in [0.25, 0.3) is 0 Å². The number of benzene rings is 3. The summed E-state index contributed by atoms with van der Waals surface area (Å²) in [6.45, 7) is 3.45. The van der Waals surface area contributed by atoms with Crippen LogP contribution >= 0.6 is 0 Å². The number of hydrogen-bond acceptors (Lipinski definition) is 5. The van der Waals surface area contributed by atoms with Crippen LogP contribution in [-0.4, -0.2) is 41.3 Å². The molecule has 3 aromatic carbocycles. The highest BCUT2D eigenvalue weighted by atomic mass is 16.5. The predicted octanol–water partition coefficient (Wildman–Crippen LogP) is 4.59. The van der Waals surface area contributed by atoms with Gasteiger partial charge in [-0.05, 0) is 54.3 Å². The lowest BCUT2D eigenvalue weighted by Gasteiger charge is -2.24. The molecule has 1 aliphatic rings. The van der Waals surface area contributed by atoms with Crippen LogP contribution in [0.25, 0.3) is 11.1 Å². The molecular weight excluding hydrogens is 448 g/mol. The second-order valence-electron chi connectivity index (χ2n) is 9.05. The Hall–Kier alpha value is -4.33. The fourth-order valence-corrected chi connectivity index (χ4v) is 4.11. The minimum absolute atomic E-state index is 0.000616. The number of aromatic carboxylic acids is 1. The van der Waals surface area contributed by atoms with Gasteiger partial charge in [-0.3, -0.25) is 4.79 Å². The monoisotopic (exact) mass is 474 g/mol. The van der Waals surface area contributed by atoms with Crippen molar-refractivity contribution in [2.75, 3.05) is 18.5 Å². The van der Waals surface area contributed by atoms with Gasteiger partial charge in [0.15, 0.2) is 0 Å². The van der Waals surface area contributed by atoms with Crippen molar-refractivity contribution in [3.8, 4) is 16.9 Å². The van der Waals surface area contributed by atoms with Gasteiger partial charge in [0.05, 0.1) is 5.41 Å². The first kappa shape index (κ1) is 23.8. The van der Waals surface area contributed by atoms with Crippen LogP contribution in [-0.2, 0) is 9.53 Å². The van der Waals surface area contributed by atoms with Gasteiger partial charge in [-0.1, -0.05) is 48.5 Å². The predicted molar refractivity (Wildman–Crippen MR) is 131 cm³/mol. The third kappa shape index (κ3) is 4.96. The van der Waals surface area contributed by atoms with Crippen molar-refractivity contribution in [2.45, 2.75) is 19.8 Å². The van der Waals surface area contributed by atoms with Crippen molar-refractivity contribution >= 4 is 23.7 Å². The van der Waals surface area contributed by atoms with Crippen molar-refractivity contribution in [1.29, 1.82) is 0 Å². The van der Waals surface area contributed by atoms with Crippen molar-refractivity contribution in [3.05, 3.63) is 83.4 Å². The first-order valence-corrected chi connectivity index (χ1v) is 11.1. The van der Waals surface area contributed by atoms with Gasteiger partial charge in [0.1, 0.15) is 17.9 Å². The number of phenols is 1. The molecule has 8 nitrogen and oxygen atoms in total. The number of carbonyl (C=O) groups is 3. The van der Waals surface area contributed by atoms with E-state index in [9.17, 15) is 19.5 Å². The maximum absolute atomic E-state index is 12.7. The Morgan fingerprint density at radius 3 is 2.14 bits per heavy atom. The van der Waals surface area contributed by atoms with E-state index in [1.807, 2.05) is 36.4 Å². The van der Waals surface area contributed by atoms with E-state index in [2.05, 4.69) is 22.8 Å². The number of aromatic hydroxyl groups is 1. The molecule has 1 aliphatic carbocycles. The number of carboxylic acid groups (broad SMARTS) is 1. The van der Waals surface area contributed by atoms with Gasteiger partial charge in [-0.2, -0.15) is 0 Å². The van der Waals surface area contributed by atoms with Crippen LogP contribution in [0.1, 0.15) is 41.3 Å². The zero-order valence-corrected chi connectivity index (χ0v) is 19.4. The minimum Gasteiger partial charge on any atom is -0.507 e. The maximum atomic E-state index is 12.7. The normalized spacial score (nSPS) is 12.4. The molecule has 0 aromatic heterocycles. The summed E-state index contributed by atoms with van der Waals surface area (Å²) in [5.74, 6) is -2.21. The highest BCUT2D eigenvalue weighted by Crippen LogP contribution is 2.44. The van der Waals surface area contributed by atoms with Crippen LogP contribution in [0.3, 0.4) is 0 Å². The van der Waals surface area contributed by atoms with Gasteiger partial charge in [0.2, 0.25) is 5.91 Å². The van der Waals surface area contributed by atoms with E-state index in [4.69, 9.17) is 9.84 Å². The molecule has 0 unspecified atom stereocenters.